The molecule has 2 rings (SSSR count). The van der Waals surface area contributed by atoms with Crippen molar-refractivity contribution in [1.29, 1.82) is 0 Å². The Morgan fingerprint density at radius 3 is 2.76 bits per heavy atom. The van der Waals surface area contributed by atoms with E-state index in [9.17, 15) is 9.90 Å². The van der Waals surface area contributed by atoms with Gasteiger partial charge in [-0.05, 0) is 26.3 Å². The Kier molecular flexibility index (Phi) is 2.79. The monoisotopic (exact) mass is 235 g/mol. The largest absolute Gasteiger partial charge is 0.390 e. The predicted molar refractivity (Wildman–Crippen MR) is 65.9 cm³/mol. The molecule has 17 heavy (non-hydrogen) atoms. The molecule has 2 heterocycles. The highest BCUT2D eigenvalue weighted by atomic mass is 16.3. The molecule has 0 atom stereocenters. The van der Waals surface area contributed by atoms with Gasteiger partial charge in [0.2, 0.25) is 0 Å². The normalized spacial score (nSPS) is 12.2. The van der Waals surface area contributed by atoms with Gasteiger partial charge in [0.1, 0.15) is 0 Å². The Morgan fingerprint density at radius 1 is 1.41 bits per heavy atom. The van der Waals surface area contributed by atoms with Crippen molar-refractivity contribution in [3.8, 4) is 0 Å². The summed E-state index contributed by atoms with van der Waals surface area (Å²) in [5.74, 6) is 0. The van der Waals surface area contributed by atoms with Crippen LogP contribution in [0.3, 0.4) is 0 Å². The summed E-state index contributed by atoms with van der Waals surface area (Å²) in [6.07, 6.45) is 3.88. The summed E-state index contributed by atoms with van der Waals surface area (Å²) in [4.78, 5) is 16.1. The second-order valence-electron chi connectivity index (χ2n) is 4.92. The van der Waals surface area contributed by atoms with Gasteiger partial charge < -0.3 is 5.11 Å². The minimum atomic E-state index is -0.774. The smallest absolute Gasteiger partial charge is 0.328 e. The molecule has 0 saturated heterocycles. The van der Waals surface area contributed by atoms with E-state index in [1.54, 1.807) is 42.4 Å². The van der Waals surface area contributed by atoms with Gasteiger partial charge in [-0.15, -0.1) is 0 Å². The van der Waals surface area contributed by atoms with Crippen LogP contribution in [-0.4, -0.2) is 24.8 Å². The summed E-state index contributed by atoms with van der Waals surface area (Å²) >= 11 is 0. The summed E-state index contributed by atoms with van der Waals surface area (Å²) in [5, 5.41) is 9.71. The molecule has 0 spiro atoms. The number of aryl methyl sites for hydroxylation is 2. The lowest BCUT2D eigenvalue weighted by atomic mass is 10.1. The molecule has 1 N–H and O–H groups in total. The lowest BCUT2D eigenvalue weighted by molar-refractivity contribution is 0.0662. The number of aliphatic hydroxyl groups is 1. The average Bonchev–Trinajstić information content (AvgIpc) is 2.49. The van der Waals surface area contributed by atoms with Crippen molar-refractivity contribution in [3.05, 3.63) is 28.9 Å². The van der Waals surface area contributed by atoms with Crippen molar-refractivity contribution in [2.75, 3.05) is 0 Å². The van der Waals surface area contributed by atoms with Crippen LogP contribution in [0, 0.1) is 0 Å². The van der Waals surface area contributed by atoms with Crippen molar-refractivity contribution < 1.29 is 5.11 Å². The zero-order chi connectivity index (χ0) is 12.6. The van der Waals surface area contributed by atoms with Gasteiger partial charge >= 0.3 is 5.69 Å². The van der Waals surface area contributed by atoms with Gasteiger partial charge in [-0.1, -0.05) is 0 Å². The van der Waals surface area contributed by atoms with Crippen molar-refractivity contribution in [2.24, 2.45) is 7.05 Å². The zero-order valence-corrected chi connectivity index (χ0v) is 10.3. The number of hydrogen-bond donors (Lipinski definition) is 1. The molecular weight excluding hydrogens is 218 g/mol. The van der Waals surface area contributed by atoms with Gasteiger partial charge in [-0.2, -0.15) is 0 Å². The number of fused-ring (bicyclic) bond motifs is 1. The zero-order valence-electron chi connectivity index (χ0n) is 10.3. The fraction of sp³-hybridized carbons (Fsp3) is 0.500. The summed E-state index contributed by atoms with van der Waals surface area (Å²) < 4.78 is 3.25. The summed E-state index contributed by atoms with van der Waals surface area (Å²) in [6, 6.07) is 1.82. The molecule has 0 bridgehead atoms. The summed E-state index contributed by atoms with van der Waals surface area (Å²) in [7, 11) is 1.74. The highest BCUT2D eigenvalue weighted by molar-refractivity contribution is 5.74. The molecule has 5 nitrogen and oxygen atoms in total. The molecule has 0 fully saturated rings. The number of aromatic nitrogens is 3. The topological polar surface area (TPSA) is 60.0 Å². The standard InChI is InChI=1S/C12H17N3O2/c1-12(2,17)5-7-15-10-8-13-6-4-9(10)14(3)11(15)16/h4,6,8,17H,5,7H2,1-3H3. The lowest BCUT2D eigenvalue weighted by Gasteiger charge is -2.16. The first-order valence-corrected chi connectivity index (χ1v) is 5.62. The molecule has 0 aromatic carbocycles. The molecule has 0 aliphatic carbocycles. The van der Waals surface area contributed by atoms with Crippen LogP contribution in [0.2, 0.25) is 0 Å². The van der Waals surface area contributed by atoms with Gasteiger partial charge in [0, 0.05) is 19.8 Å². The second-order valence-corrected chi connectivity index (χ2v) is 4.92. The van der Waals surface area contributed by atoms with Crippen LogP contribution in [-0.2, 0) is 13.6 Å². The third-order valence-electron chi connectivity index (χ3n) is 2.89. The minimum Gasteiger partial charge on any atom is -0.390 e. The van der Waals surface area contributed by atoms with Crippen molar-refractivity contribution >= 4 is 11.0 Å². The number of hydrogen-bond acceptors (Lipinski definition) is 3. The van der Waals surface area contributed by atoms with Crippen molar-refractivity contribution in [2.45, 2.75) is 32.4 Å². The first-order valence-electron chi connectivity index (χ1n) is 5.62. The number of rotatable bonds is 3. The third kappa shape index (κ3) is 2.24. The van der Waals surface area contributed by atoms with Crippen LogP contribution < -0.4 is 5.69 Å². The maximum Gasteiger partial charge on any atom is 0.328 e. The highest BCUT2D eigenvalue weighted by Crippen LogP contribution is 2.13. The first kappa shape index (κ1) is 11.9. The molecule has 5 heteroatoms. The fourth-order valence-electron chi connectivity index (χ4n) is 1.86. The molecule has 2 aromatic heterocycles. The Labute approximate surface area is 99.3 Å². The van der Waals surface area contributed by atoms with E-state index < -0.39 is 5.60 Å². The summed E-state index contributed by atoms with van der Waals surface area (Å²) in [5.41, 5.74) is 0.825. The molecule has 0 aliphatic rings. The molecule has 0 unspecified atom stereocenters. The Balaban J connectivity index is 2.47. The third-order valence-corrected chi connectivity index (χ3v) is 2.89. The Bertz CT molecular complexity index is 590. The van der Waals surface area contributed by atoms with Gasteiger partial charge in [0.05, 0.1) is 22.8 Å². The first-order chi connectivity index (χ1) is 7.90. The van der Waals surface area contributed by atoms with Gasteiger partial charge in [0.15, 0.2) is 0 Å². The molecule has 0 amide bonds. The molecular formula is C12H17N3O2. The van der Waals surface area contributed by atoms with E-state index in [1.807, 2.05) is 6.07 Å². The van der Waals surface area contributed by atoms with Crippen LogP contribution in [0.15, 0.2) is 23.3 Å². The average molecular weight is 235 g/mol. The molecule has 0 radical (unpaired) electrons. The van der Waals surface area contributed by atoms with E-state index in [4.69, 9.17) is 0 Å². The van der Waals surface area contributed by atoms with Crippen LogP contribution in [0.1, 0.15) is 20.3 Å². The maximum absolute atomic E-state index is 12.0. The van der Waals surface area contributed by atoms with Crippen molar-refractivity contribution in [3.63, 3.8) is 0 Å². The van der Waals surface area contributed by atoms with E-state index in [1.165, 1.54) is 0 Å². The minimum absolute atomic E-state index is 0.0720. The molecule has 0 saturated carbocycles. The summed E-state index contributed by atoms with van der Waals surface area (Å²) in [6.45, 7) is 3.97. The van der Waals surface area contributed by atoms with E-state index in [-0.39, 0.29) is 5.69 Å². The fourth-order valence-corrected chi connectivity index (χ4v) is 1.86. The highest BCUT2D eigenvalue weighted by Gasteiger charge is 2.16. The number of nitrogens with zero attached hydrogens (tertiary/aromatic N) is 3. The van der Waals surface area contributed by atoms with Crippen molar-refractivity contribution in [1.82, 2.24) is 14.1 Å². The Morgan fingerprint density at radius 2 is 2.12 bits per heavy atom. The van der Waals surface area contributed by atoms with Crippen LogP contribution in [0.4, 0.5) is 0 Å². The van der Waals surface area contributed by atoms with Gasteiger partial charge in [-0.3, -0.25) is 14.1 Å². The molecule has 2 aromatic rings. The van der Waals surface area contributed by atoms with E-state index in [0.29, 0.717) is 13.0 Å². The molecule has 0 aliphatic heterocycles. The second kappa shape index (κ2) is 4.00. The molecule has 92 valence electrons. The van der Waals surface area contributed by atoms with E-state index in [0.717, 1.165) is 11.0 Å². The number of pyridine rings is 1. The van der Waals surface area contributed by atoms with Gasteiger partial charge in [-0.25, -0.2) is 4.79 Å². The maximum atomic E-state index is 12.0. The Hall–Kier alpha value is -1.62. The van der Waals surface area contributed by atoms with Crippen LogP contribution in [0.5, 0.6) is 0 Å². The predicted octanol–water partition coefficient (Wildman–Crippen LogP) is 0.896. The van der Waals surface area contributed by atoms with Crippen LogP contribution in [0.25, 0.3) is 11.0 Å². The number of imidazole rings is 1. The quantitative estimate of drug-likeness (QED) is 0.859. The van der Waals surface area contributed by atoms with E-state index in [2.05, 4.69) is 4.98 Å². The van der Waals surface area contributed by atoms with Gasteiger partial charge in [0.25, 0.3) is 0 Å². The van der Waals surface area contributed by atoms with Crippen LogP contribution >= 0.6 is 0 Å². The van der Waals surface area contributed by atoms with E-state index >= 15 is 0 Å². The lowest BCUT2D eigenvalue weighted by Crippen LogP contribution is -2.27. The SMILES string of the molecule is Cn1c(=O)n(CCC(C)(C)O)c2cnccc21.